The zero-order valence-electron chi connectivity index (χ0n) is 46.6. The number of rotatable bonds is 22. The van der Waals surface area contributed by atoms with E-state index in [9.17, 15) is 117 Å². The van der Waals surface area contributed by atoms with Gasteiger partial charge < -0.3 is 180 Å². The van der Waals surface area contributed by atoms with Crippen LogP contribution in [0.4, 0.5) is 0 Å². The van der Waals surface area contributed by atoms with Crippen molar-refractivity contribution in [3.8, 4) is 0 Å². The third-order valence-corrected chi connectivity index (χ3v) is 15.7. The second-order valence-corrected chi connectivity index (χ2v) is 21.8. The topological polar surface area (TPSA) is 612 Å². The Labute approximate surface area is 492 Å². The average Bonchev–Trinajstić information content (AvgIpc) is 1.05. The number of hydrogen-bond donors (Lipinski definition) is 23. The van der Waals surface area contributed by atoms with E-state index in [1.165, 1.54) is 0 Å². The van der Waals surface area contributed by atoms with Gasteiger partial charge in [0.2, 0.25) is 17.7 Å². The van der Waals surface area contributed by atoms with E-state index in [2.05, 4.69) is 16.0 Å². The van der Waals surface area contributed by atoms with Gasteiger partial charge in [0.05, 0.1) is 46.2 Å². The van der Waals surface area contributed by atoms with Crippen LogP contribution >= 0.6 is 0 Å². The lowest BCUT2D eigenvalue weighted by Crippen LogP contribution is -2.70. The summed E-state index contributed by atoms with van der Waals surface area (Å²) in [5.41, 5.74) is 0. The molecule has 0 aromatic carbocycles. The van der Waals surface area contributed by atoms with Crippen LogP contribution in [0.5, 0.6) is 0 Å². The summed E-state index contributed by atoms with van der Waals surface area (Å²) in [6.07, 6.45) is -62.3. The third-order valence-electron chi connectivity index (χ3n) is 15.7. The summed E-state index contributed by atoms with van der Waals surface area (Å²) in [5, 5.41) is 224. The Balaban J connectivity index is 1.16. The molecule has 7 saturated heterocycles. The Morgan fingerprint density at radius 3 is 0.989 bits per heavy atom. The first-order valence-electron chi connectivity index (χ1n) is 27.6. The van der Waals surface area contributed by atoms with Gasteiger partial charge in [-0.1, -0.05) is 0 Å². The van der Waals surface area contributed by atoms with E-state index >= 15 is 0 Å². The molecule has 0 aromatic heterocycles. The predicted molar refractivity (Wildman–Crippen MR) is 267 cm³/mol. The molecule has 7 heterocycles. The van der Waals surface area contributed by atoms with Gasteiger partial charge in [-0.3, -0.25) is 14.4 Å². The van der Waals surface area contributed by atoms with Gasteiger partial charge in [0, 0.05) is 20.8 Å². The Morgan fingerprint density at radius 2 is 0.586 bits per heavy atom. The third kappa shape index (κ3) is 15.8. The second kappa shape index (κ2) is 31.1. The molecule has 0 spiro atoms. The molecule has 39 nitrogen and oxygen atoms in total. The molecule has 39 heteroatoms. The molecule has 7 rings (SSSR count). The number of carbonyl (C=O) groups excluding carboxylic acids is 3. The molecule has 7 aliphatic heterocycles. The van der Waals surface area contributed by atoms with E-state index in [0.29, 0.717) is 0 Å². The molecule has 1 unspecified atom stereocenters. The summed E-state index contributed by atoms with van der Waals surface area (Å²) >= 11 is 0. The maximum atomic E-state index is 12.9. The van der Waals surface area contributed by atoms with Crippen molar-refractivity contribution >= 4 is 17.7 Å². The lowest BCUT2D eigenvalue weighted by atomic mass is 9.94. The highest BCUT2D eigenvalue weighted by molar-refractivity contribution is 5.74. The highest BCUT2D eigenvalue weighted by Gasteiger charge is 2.59. The molecule has 3 amide bonds. The smallest absolute Gasteiger partial charge is 0.217 e. The van der Waals surface area contributed by atoms with Crippen molar-refractivity contribution in [2.24, 2.45) is 0 Å². The minimum Gasteiger partial charge on any atom is -0.394 e. The largest absolute Gasteiger partial charge is 0.394 e. The van der Waals surface area contributed by atoms with Crippen molar-refractivity contribution < 1.29 is 178 Å². The van der Waals surface area contributed by atoms with E-state index < -0.39 is 279 Å². The Bertz CT molecular complexity index is 2190. The van der Waals surface area contributed by atoms with Crippen LogP contribution in [0.25, 0.3) is 0 Å². The van der Waals surface area contributed by atoms with E-state index in [1.807, 2.05) is 0 Å². The van der Waals surface area contributed by atoms with Gasteiger partial charge in [-0.15, -0.1) is 0 Å². The van der Waals surface area contributed by atoms with Crippen molar-refractivity contribution in [2.75, 3.05) is 46.2 Å². The molecule has 0 aliphatic carbocycles. The van der Waals surface area contributed by atoms with E-state index in [0.717, 1.165) is 20.8 Å². The van der Waals surface area contributed by atoms with Gasteiger partial charge in [0.1, 0.15) is 171 Å². The lowest BCUT2D eigenvalue weighted by molar-refractivity contribution is -0.387. The number of aliphatic hydroxyl groups is 20. The van der Waals surface area contributed by atoms with Crippen LogP contribution in [0.1, 0.15) is 20.8 Å². The van der Waals surface area contributed by atoms with Crippen molar-refractivity contribution in [3.63, 3.8) is 0 Å². The number of ether oxygens (including phenoxy) is 13. The molecule has 0 saturated carbocycles. The van der Waals surface area contributed by atoms with Crippen molar-refractivity contribution in [1.82, 2.24) is 16.0 Å². The summed E-state index contributed by atoms with van der Waals surface area (Å²) in [5.74, 6) is -2.55. The normalized spacial score (nSPS) is 48.9. The van der Waals surface area contributed by atoms with Crippen LogP contribution in [-0.4, -0.2) is 381 Å². The van der Waals surface area contributed by atoms with Gasteiger partial charge in [0.25, 0.3) is 0 Å². The highest BCUT2D eigenvalue weighted by Crippen LogP contribution is 2.37. The molecule has 7 fully saturated rings. The molecular formula is C48H81N3O36. The molecule has 504 valence electrons. The van der Waals surface area contributed by atoms with E-state index in [4.69, 9.17) is 61.6 Å². The van der Waals surface area contributed by atoms with Crippen LogP contribution < -0.4 is 16.0 Å². The number of hydrogen-bond acceptors (Lipinski definition) is 36. The van der Waals surface area contributed by atoms with Crippen LogP contribution in [0.2, 0.25) is 0 Å². The van der Waals surface area contributed by atoms with Crippen molar-refractivity contribution in [3.05, 3.63) is 0 Å². The van der Waals surface area contributed by atoms with Crippen LogP contribution in [0.15, 0.2) is 0 Å². The monoisotopic (exact) mass is 1280 g/mol. The average molecular weight is 1280 g/mol. The number of amides is 3. The lowest BCUT2D eigenvalue weighted by Gasteiger charge is -2.50. The van der Waals surface area contributed by atoms with Gasteiger partial charge in [-0.2, -0.15) is 0 Å². The van der Waals surface area contributed by atoms with Crippen LogP contribution in [0, 0.1) is 0 Å². The highest BCUT2D eigenvalue weighted by atomic mass is 16.8. The fourth-order valence-electron chi connectivity index (χ4n) is 11.1. The Morgan fingerprint density at radius 1 is 0.299 bits per heavy atom. The minimum absolute atomic E-state index is 0.786. The molecule has 0 bridgehead atoms. The molecule has 7 aliphatic rings. The maximum absolute atomic E-state index is 12.9. The number of nitrogens with one attached hydrogen (secondary N) is 3. The molecule has 0 radical (unpaired) electrons. The number of aliphatic hydroxyl groups excluding tert-OH is 20. The molecule has 23 N–H and O–H groups in total. The van der Waals surface area contributed by atoms with Gasteiger partial charge in [-0.05, 0) is 0 Å². The summed E-state index contributed by atoms with van der Waals surface area (Å²) in [6.45, 7) is -3.94. The Hall–Kier alpha value is -2.91. The quantitative estimate of drug-likeness (QED) is 0.0479. The van der Waals surface area contributed by atoms with Crippen LogP contribution in [0.3, 0.4) is 0 Å². The summed E-state index contributed by atoms with van der Waals surface area (Å²) < 4.78 is 75.1. The SMILES string of the molecule is CC(=O)N[C@H]1[C@H](OC[C@H]2O[C@@H](O[C@H]3[C@H](O)[C@@H](NC(C)=O)C(O)O[C@@H]3CO)[C@H](O)[C@@H](O[C@@H]3O[C@H](CO)[C@@H](O[C@@H]4O[C@H](CO)[C@H](O)[C@H](O[C@H]5O[C@H](CO)[C@H](O)[C@H](O)[C@H]5O)[C@H]4O)[C@H](O)[C@H]3NC(C)=O)[C@H]2O)O[C@H](CO)[C@@H](O[C@@H]2O[C@H](CO)[C@H](O)[C@H](O)[C@H]2O)[C@@H]1O. The summed E-state index contributed by atoms with van der Waals surface area (Å²) in [4.78, 5) is 37.6. The zero-order chi connectivity index (χ0) is 64.2. The van der Waals surface area contributed by atoms with Crippen LogP contribution in [-0.2, 0) is 76.0 Å². The fraction of sp³-hybridized carbons (Fsp3) is 0.938. The van der Waals surface area contributed by atoms with Crippen molar-refractivity contribution in [1.29, 1.82) is 0 Å². The molecule has 0 aromatic rings. The molecule has 35 atom stereocenters. The van der Waals surface area contributed by atoms with Gasteiger partial charge in [0.15, 0.2) is 44.0 Å². The number of carbonyl (C=O) groups is 3. The first-order valence-corrected chi connectivity index (χ1v) is 27.6. The first-order chi connectivity index (χ1) is 41.1. The summed E-state index contributed by atoms with van der Waals surface area (Å²) in [6, 6.07) is -5.29. The van der Waals surface area contributed by atoms with Gasteiger partial charge >= 0.3 is 0 Å². The second-order valence-electron chi connectivity index (χ2n) is 21.8. The fourth-order valence-corrected chi connectivity index (χ4v) is 11.1. The standard InChI is InChI=1S/C48H81N3O36/c1-11(58)49-21-28(65)37(17(7-55)76-42(21)74)84-48-36(73)41(27(64)20(82-48)10-75-43-22(50-12(2)59)29(66)38(18(8-56)80-43)83-45-33(70)31(68)24(61)14(4-52)77-45)86-44-23(51-13(3)60)30(67)39(19(9-57)81-44)85-47-35(72)40(26(63)16(6-54)79-47)87-46-34(71)32(69)25(62)15(5-53)78-46/h14-48,52-57,61-74H,4-10H2,1-3H3,(H,49,58)(H,50,59)(H,51,60)/t14-,15-,16-,17-,18-,19-,20-,21-,22-,23-,24+,25+,26+,27+,28-,29-,30-,31+,32+,33-,34-,35-,36-,37-,38-,39-,40+,41+,42?,43-,44+,45+,46-,47+,48+/m1/s1. The maximum Gasteiger partial charge on any atom is 0.217 e. The van der Waals surface area contributed by atoms with Gasteiger partial charge in [-0.25, -0.2) is 0 Å². The van der Waals surface area contributed by atoms with E-state index in [1.54, 1.807) is 0 Å². The first kappa shape index (κ1) is 71.5. The molecular weight excluding hydrogens is 1190 g/mol. The van der Waals surface area contributed by atoms with Crippen molar-refractivity contribution in [2.45, 2.75) is 236 Å². The predicted octanol–water partition coefficient (Wildman–Crippen LogP) is -15.8. The van der Waals surface area contributed by atoms with E-state index in [-0.39, 0.29) is 0 Å². The summed E-state index contributed by atoms with van der Waals surface area (Å²) in [7, 11) is 0. The molecule has 87 heavy (non-hydrogen) atoms. The zero-order valence-corrected chi connectivity index (χ0v) is 46.6. The Kier molecular flexibility index (Phi) is 25.6. The minimum atomic E-state index is -2.33.